The SMILES string of the molecule is CCOC(=O)C(Cc1ccc(O)cc1)NC(=O)c1ccc(Cl)c([N+](=O)[O-])c1. The molecule has 2 aromatic carbocycles. The molecule has 0 aliphatic heterocycles. The van der Waals surface area contributed by atoms with Gasteiger partial charge in [0.2, 0.25) is 0 Å². The Labute approximate surface area is 159 Å². The van der Waals surface area contributed by atoms with Crippen molar-refractivity contribution in [2.24, 2.45) is 0 Å². The maximum Gasteiger partial charge on any atom is 0.328 e. The average Bonchev–Trinajstić information content (AvgIpc) is 2.63. The highest BCUT2D eigenvalue weighted by molar-refractivity contribution is 6.32. The first kappa shape index (κ1) is 20.2. The minimum absolute atomic E-state index is 0.00824. The van der Waals surface area contributed by atoms with Crippen molar-refractivity contribution in [1.82, 2.24) is 5.32 Å². The van der Waals surface area contributed by atoms with Crippen LogP contribution in [0.15, 0.2) is 42.5 Å². The van der Waals surface area contributed by atoms with Gasteiger partial charge in [-0.3, -0.25) is 14.9 Å². The molecule has 0 saturated carbocycles. The van der Waals surface area contributed by atoms with E-state index in [0.29, 0.717) is 5.56 Å². The van der Waals surface area contributed by atoms with Crippen molar-refractivity contribution < 1.29 is 24.4 Å². The van der Waals surface area contributed by atoms with Crippen LogP contribution < -0.4 is 5.32 Å². The molecule has 2 aromatic rings. The first-order valence-electron chi connectivity index (χ1n) is 8.01. The molecule has 2 N–H and O–H groups in total. The van der Waals surface area contributed by atoms with Crippen LogP contribution in [-0.4, -0.2) is 34.6 Å². The van der Waals surface area contributed by atoms with Crippen LogP contribution in [0, 0.1) is 10.1 Å². The van der Waals surface area contributed by atoms with E-state index in [1.54, 1.807) is 19.1 Å². The third kappa shape index (κ3) is 5.42. The van der Waals surface area contributed by atoms with Gasteiger partial charge in [0, 0.05) is 18.1 Å². The Kier molecular flexibility index (Phi) is 6.73. The fourth-order valence-corrected chi connectivity index (χ4v) is 2.53. The fourth-order valence-electron chi connectivity index (χ4n) is 2.34. The third-order valence-electron chi connectivity index (χ3n) is 3.66. The zero-order chi connectivity index (χ0) is 20.0. The Hall–Kier alpha value is -3.13. The van der Waals surface area contributed by atoms with Gasteiger partial charge in [0.25, 0.3) is 11.6 Å². The van der Waals surface area contributed by atoms with E-state index >= 15 is 0 Å². The Morgan fingerprint density at radius 2 is 1.93 bits per heavy atom. The van der Waals surface area contributed by atoms with Crippen molar-refractivity contribution in [3.05, 3.63) is 68.7 Å². The molecule has 0 aliphatic rings. The maximum atomic E-state index is 12.5. The zero-order valence-electron chi connectivity index (χ0n) is 14.3. The number of nitro benzene ring substituents is 1. The number of halogens is 1. The molecule has 0 radical (unpaired) electrons. The molecule has 9 heteroatoms. The highest BCUT2D eigenvalue weighted by Gasteiger charge is 2.24. The molecule has 0 aromatic heterocycles. The fraction of sp³-hybridized carbons (Fsp3) is 0.222. The normalized spacial score (nSPS) is 11.5. The summed E-state index contributed by atoms with van der Waals surface area (Å²) in [5.74, 6) is -1.24. The summed E-state index contributed by atoms with van der Waals surface area (Å²) in [4.78, 5) is 34.9. The molecule has 1 amide bonds. The molecule has 0 heterocycles. The first-order valence-corrected chi connectivity index (χ1v) is 8.39. The number of benzene rings is 2. The number of hydrogen-bond acceptors (Lipinski definition) is 6. The van der Waals surface area contributed by atoms with E-state index in [4.69, 9.17) is 16.3 Å². The maximum absolute atomic E-state index is 12.5. The number of esters is 1. The highest BCUT2D eigenvalue weighted by atomic mass is 35.5. The Morgan fingerprint density at radius 3 is 2.52 bits per heavy atom. The van der Waals surface area contributed by atoms with Crippen LogP contribution in [-0.2, 0) is 16.0 Å². The summed E-state index contributed by atoms with van der Waals surface area (Å²) in [6, 6.07) is 8.75. The molecule has 1 unspecified atom stereocenters. The van der Waals surface area contributed by atoms with Crippen molar-refractivity contribution in [2.45, 2.75) is 19.4 Å². The number of nitrogens with one attached hydrogen (secondary N) is 1. The second-order valence-corrected chi connectivity index (χ2v) is 5.98. The summed E-state index contributed by atoms with van der Waals surface area (Å²) in [5.41, 5.74) is 0.273. The van der Waals surface area contributed by atoms with E-state index in [1.165, 1.54) is 24.3 Å². The second-order valence-electron chi connectivity index (χ2n) is 5.57. The number of amides is 1. The summed E-state index contributed by atoms with van der Waals surface area (Å²) < 4.78 is 4.99. The zero-order valence-corrected chi connectivity index (χ0v) is 15.1. The van der Waals surface area contributed by atoms with Gasteiger partial charge in [0.1, 0.15) is 16.8 Å². The highest BCUT2D eigenvalue weighted by Crippen LogP contribution is 2.25. The average molecular weight is 393 g/mol. The Morgan fingerprint density at radius 1 is 1.26 bits per heavy atom. The lowest BCUT2D eigenvalue weighted by Crippen LogP contribution is -2.43. The quantitative estimate of drug-likeness (QED) is 0.425. The molecule has 8 nitrogen and oxygen atoms in total. The van der Waals surface area contributed by atoms with E-state index < -0.39 is 28.5 Å². The molecule has 0 aliphatic carbocycles. The van der Waals surface area contributed by atoms with E-state index in [-0.39, 0.29) is 29.4 Å². The van der Waals surface area contributed by atoms with E-state index in [1.807, 2.05) is 0 Å². The summed E-state index contributed by atoms with van der Waals surface area (Å²) in [7, 11) is 0. The lowest BCUT2D eigenvalue weighted by Gasteiger charge is -2.17. The Balaban J connectivity index is 2.22. The van der Waals surface area contributed by atoms with Crippen LogP contribution in [0.5, 0.6) is 5.75 Å². The van der Waals surface area contributed by atoms with Gasteiger partial charge < -0.3 is 15.2 Å². The number of ether oxygens (including phenoxy) is 1. The number of rotatable bonds is 7. The number of carbonyl (C=O) groups excluding carboxylic acids is 2. The molecular formula is C18H17ClN2O6. The van der Waals surface area contributed by atoms with Gasteiger partial charge in [-0.25, -0.2) is 4.79 Å². The number of nitrogens with zero attached hydrogens (tertiary/aromatic N) is 1. The number of phenols is 1. The van der Waals surface area contributed by atoms with Crippen LogP contribution in [0.1, 0.15) is 22.8 Å². The number of carbonyl (C=O) groups is 2. The van der Waals surface area contributed by atoms with E-state index in [0.717, 1.165) is 6.07 Å². The Bertz CT molecular complexity index is 853. The minimum atomic E-state index is -1.00. The number of nitro groups is 1. The van der Waals surface area contributed by atoms with Crippen molar-refractivity contribution in [3.8, 4) is 5.75 Å². The van der Waals surface area contributed by atoms with Crippen molar-refractivity contribution in [1.29, 1.82) is 0 Å². The van der Waals surface area contributed by atoms with Gasteiger partial charge in [-0.1, -0.05) is 23.7 Å². The van der Waals surface area contributed by atoms with Crippen LogP contribution in [0.3, 0.4) is 0 Å². The smallest absolute Gasteiger partial charge is 0.328 e. The van der Waals surface area contributed by atoms with Gasteiger partial charge in [0.05, 0.1) is 11.5 Å². The molecule has 1 atom stereocenters. The van der Waals surface area contributed by atoms with Crippen LogP contribution in [0.2, 0.25) is 5.02 Å². The number of aromatic hydroxyl groups is 1. The third-order valence-corrected chi connectivity index (χ3v) is 3.98. The molecule has 27 heavy (non-hydrogen) atoms. The van der Waals surface area contributed by atoms with Gasteiger partial charge >= 0.3 is 5.97 Å². The predicted octanol–water partition coefficient (Wildman–Crippen LogP) is 2.86. The lowest BCUT2D eigenvalue weighted by atomic mass is 10.0. The largest absolute Gasteiger partial charge is 0.508 e. The summed E-state index contributed by atoms with van der Waals surface area (Å²) in [5, 5.41) is 22.8. The number of phenolic OH excluding ortho intramolecular Hbond substituents is 1. The molecule has 0 spiro atoms. The lowest BCUT2D eigenvalue weighted by molar-refractivity contribution is -0.384. The summed E-state index contributed by atoms with van der Waals surface area (Å²) in [6.45, 7) is 1.77. The molecule has 142 valence electrons. The van der Waals surface area contributed by atoms with Gasteiger partial charge in [0.15, 0.2) is 0 Å². The molecule has 0 bridgehead atoms. The molecular weight excluding hydrogens is 376 g/mol. The summed E-state index contributed by atoms with van der Waals surface area (Å²) in [6.07, 6.45) is 0.126. The van der Waals surface area contributed by atoms with Crippen LogP contribution in [0.4, 0.5) is 5.69 Å². The van der Waals surface area contributed by atoms with Crippen molar-refractivity contribution >= 4 is 29.2 Å². The van der Waals surface area contributed by atoms with Gasteiger partial charge in [-0.05, 0) is 36.8 Å². The molecule has 2 rings (SSSR count). The van der Waals surface area contributed by atoms with Crippen molar-refractivity contribution in [2.75, 3.05) is 6.61 Å². The summed E-state index contributed by atoms with van der Waals surface area (Å²) >= 11 is 5.75. The number of hydrogen-bond donors (Lipinski definition) is 2. The predicted molar refractivity (Wildman–Crippen MR) is 97.8 cm³/mol. The first-order chi connectivity index (χ1) is 12.8. The van der Waals surface area contributed by atoms with Gasteiger partial charge in [-0.2, -0.15) is 0 Å². The molecule has 0 fully saturated rings. The van der Waals surface area contributed by atoms with Crippen LogP contribution in [0.25, 0.3) is 0 Å². The van der Waals surface area contributed by atoms with Gasteiger partial charge in [-0.15, -0.1) is 0 Å². The van der Waals surface area contributed by atoms with Crippen LogP contribution >= 0.6 is 11.6 Å². The van der Waals surface area contributed by atoms with E-state index in [9.17, 15) is 24.8 Å². The molecule has 0 saturated heterocycles. The topological polar surface area (TPSA) is 119 Å². The monoisotopic (exact) mass is 392 g/mol. The van der Waals surface area contributed by atoms with E-state index in [2.05, 4.69) is 5.32 Å². The second kappa shape index (κ2) is 9.00. The minimum Gasteiger partial charge on any atom is -0.508 e. The standard InChI is InChI=1S/C18H17ClN2O6/c1-2-27-18(24)15(9-11-3-6-13(22)7-4-11)20-17(23)12-5-8-14(19)16(10-12)21(25)26/h3-8,10,15,22H,2,9H2,1H3,(H,20,23). The van der Waals surface area contributed by atoms with Crippen molar-refractivity contribution in [3.63, 3.8) is 0 Å².